The lowest BCUT2D eigenvalue weighted by Crippen LogP contribution is -2.32. The van der Waals surface area contributed by atoms with Crippen LogP contribution in [0.3, 0.4) is 0 Å². The number of likely N-dealkylation sites (tertiary alicyclic amines) is 1. The van der Waals surface area contributed by atoms with Crippen molar-refractivity contribution < 1.29 is 4.79 Å². The molecule has 0 radical (unpaired) electrons. The number of hydrogen-bond acceptors (Lipinski definition) is 3. The van der Waals surface area contributed by atoms with E-state index in [1.54, 1.807) is 13.8 Å². The molecule has 6 heteroatoms. The lowest BCUT2D eigenvalue weighted by atomic mass is 9.99. The number of halogens is 1. The number of rotatable bonds is 4. The van der Waals surface area contributed by atoms with Gasteiger partial charge in [-0.15, -0.1) is 0 Å². The van der Waals surface area contributed by atoms with E-state index in [1.165, 1.54) is 5.56 Å². The van der Waals surface area contributed by atoms with Gasteiger partial charge in [-0.2, -0.15) is 0 Å². The van der Waals surface area contributed by atoms with Crippen molar-refractivity contribution in [2.75, 3.05) is 13.1 Å². The van der Waals surface area contributed by atoms with Gasteiger partial charge in [-0.05, 0) is 50.3 Å². The number of H-pyrrole nitrogens is 1. The van der Waals surface area contributed by atoms with Gasteiger partial charge in [0.2, 0.25) is 5.91 Å². The molecule has 2 aromatic rings. The highest BCUT2D eigenvalue weighted by molar-refractivity contribution is 6.30. The van der Waals surface area contributed by atoms with Gasteiger partial charge in [0.15, 0.2) is 0 Å². The highest BCUT2D eigenvalue weighted by Gasteiger charge is 2.27. The van der Waals surface area contributed by atoms with Gasteiger partial charge in [0.05, 0.1) is 6.42 Å². The van der Waals surface area contributed by atoms with Crippen molar-refractivity contribution >= 4 is 17.5 Å². The number of amides is 1. The average molecular weight is 360 g/mol. The van der Waals surface area contributed by atoms with Crippen molar-refractivity contribution in [3.05, 3.63) is 62.3 Å². The van der Waals surface area contributed by atoms with Gasteiger partial charge in [-0.25, -0.2) is 4.98 Å². The molecule has 1 saturated heterocycles. The first-order chi connectivity index (χ1) is 11.9. The molecule has 1 aromatic carbocycles. The Morgan fingerprint density at radius 3 is 2.72 bits per heavy atom. The number of nitrogens with one attached hydrogen (secondary N) is 1. The van der Waals surface area contributed by atoms with Crippen LogP contribution in [-0.2, 0) is 17.6 Å². The predicted molar refractivity (Wildman–Crippen MR) is 97.9 cm³/mol. The zero-order valence-corrected chi connectivity index (χ0v) is 15.3. The van der Waals surface area contributed by atoms with Crippen molar-refractivity contribution in [3.63, 3.8) is 0 Å². The Morgan fingerprint density at radius 1 is 1.32 bits per heavy atom. The monoisotopic (exact) mass is 359 g/mol. The van der Waals surface area contributed by atoms with Gasteiger partial charge >= 0.3 is 0 Å². The maximum absolute atomic E-state index is 12.6. The third-order valence-corrected chi connectivity index (χ3v) is 5.00. The summed E-state index contributed by atoms with van der Waals surface area (Å²) < 4.78 is 0. The molecular weight excluding hydrogens is 338 g/mol. The van der Waals surface area contributed by atoms with E-state index >= 15 is 0 Å². The van der Waals surface area contributed by atoms with Gasteiger partial charge in [0.1, 0.15) is 5.82 Å². The second kappa shape index (κ2) is 7.40. The van der Waals surface area contributed by atoms with Gasteiger partial charge in [0, 0.05) is 29.4 Å². The molecular formula is C19H22ClN3O2. The number of aryl methyl sites for hydroxylation is 2. The molecule has 1 fully saturated rings. The quantitative estimate of drug-likeness (QED) is 0.912. The molecule has 5 nitrogen and oxygen atoms in total. The summed E-state index contributed by atoms with van der Waals surface area (Å²) in [6.45, 7) is 4.99. The van der Waals surface area contributed by atoms with Gasteiger partial charge in [-0.3, -0.25) is 9.59 Å². The zero-order valence-electron chi connectivity index (χ0n) is 14.5. The standard InChI is InChI=1S/C19H22ClN3O2/c1-12-17(19(25)22-13(2)21-12)10-18(24)23-8-7-15(11-23)9-14-3-5-16(20)6-4-14/h3-6,15H,7-11H2,1-2H3,(H,21,22,25). The molecule has 132 valence electrons. The molecule has 0 aliphatic carbocycles. The third-order valence-electron chi connectivity index (χ3n) is 4.74. The van der Waals surface area contributed by atoms with Crippen LogP contribution in [0.25, 0.3) is 0 Å². The van der Waals surface area contributed by atoms with Gasteiger partial charge < -0.3 is 9.88 Å². The topological polar surface area (TPSA) is 66.1 Å². The van der Waals surface area contributed by atoms with Crippen molar-refractivity contribution in [2.45, 2.75) is 33.1 Å². The molecule has 1 atom stereocenters. The zero-order chi connectivity index (χ0) is 18.0. The van der Waals surface area contributed by atoms with E-state index in [4.69, 9.17) is 11.6 Å². The van der Waals surface area contributed by atoms with Crippen molar-refractivity contribution in [1.29, 1.82) is 0 Å². The maximum atomic E-state index is 12.6. The highest BCUT2D eigenvalue weighted by atomic mass is 35.5. The first kappa shape index (κ1) is 17.7. The van der Waals surface area contributed by atoms with E-state index in [0.29, 0.717) is 23.0 Å². The van der Waals surface area contributed by atoms with E-state index in [0.717, 1.165) is 31.0 Å². The fraction of sp³-hybridized carbons (Fsp3) is 0.421. The highest BCUT2D eigenvalue weighted by Crippen LogP contribution is 2.22. The molecule has 0 saturated carbocycles. The number of carbonyl (C=O) groups is 1. The summed E-state index contributed by atoms with van der Waals surface area (Å²) >= 11 is 5.92. The maximum Gasteiger partial charge on any atom is 0.254 e. The molecule has 1 aliphatic heterocycles. The smallest absolute Gasteiger partial charge is 0.254 e. The first-order valence-corrected chi connectivity index (χ1v) is 8.89. The summed E-state index contributed by atoms with van der Waals surface area (Å²) in [5.74, 6) is 1.02. The van der Waals surface area contributed by atoms with Crippen LogP contribution in [0.15, 0.2) is 29.1 Å². The number of aromatic amines is 1. The van der Waals surface area contributed by atoms with Crippen LogP contribution in [-0.4, -0.2) is 33.9 Å². The second-order valence-corrected chi connectivity index (χ2v) is 7.15. The Kier molecular flexibility index (Phi) is 5.23. The Labute approximate surface area is 152 Å². The summed E-state index contributed by atoms with van der Waals surface area (Å²) in [5.41, 5.74) is 2.12. The van der Waals surface area contributed by atoms with Gasteiger partial charge in [-0.1, -0.05) is 23.7 Å². The van der Waals surface area contributed by atoms with Crippen LogP contribution in [0.5, 0.6) is 0 Å². The molecule has 1 aliphatic rings. The van der Waals surface area contributed by atoms with E-state index in [9.17, 15) is 9.59 Å². The predicted octanol–water partition coefficient (Wildman–Crippen LogP) is 2.67. The summed E-state index contributed by atoms with van der Waals surface area (Å²) in [6.07, 6.45) is 2.03. The number of benzene rings is 1. The van der Waals surface area contributed by atoms with Crippen LogP contribution in [0, 0.1) is 19.8 Å². The van der Waals surface area contributed by atoms with Crippen molar-refractivity contribution in [2.24, 2.45) is 5.92 Å². The van der Waals surface area contributed by atoms with Crippen LogP contribution >= 0.6 is 11.6 Å². The molecule has 25 heavy (non-hydrogen) atoms. The second-order valence-electron chi connectivity index (χ2n) is 6.72. The van der Waals surface area contributed by atoms with E-state index in [1.807, 2.05) is 29.2 Å². The average Bonchev–Trinajstić information content (AvgIpc) is 3.01. The number of carbonyl (C=O) groups excluding carboxylic acids is 1. The number of aromatic nitrogens is 2. The molecule has 1 aromatic heterocycles. The van der Waals surface area contributed by atoms with Crippen molar-refractivity contribution in [3.8, 4) is 0 Å². The molecule has 0 bridgehead atoms. The minimum atomic E-state index is -0.213. The molecule has 1 N–H and O–H groups in total. The summed E-state index contributed by atoms with van der Waals surface area (Å²) in [6, 6.07) is 7.86. The van der Waals surface area contributed by atoms with E-state index in [-0.39, 0.29) is 17.9 Å². The normalized spacial score (nSPS) is 17.1. The summed E-state index contributed by atoms with van der Waals surface area (Å²) in [5, 5.41) is 0.735. The van der Waals surface area contributed by atoms with Crippen LogP contribution < -0.4 is 5.56 Å². The summed E-state index contributed by atoms with van der Waals surface area (Å²) in [7, 11) is 0. The molecule has 2 heterocycles. The minimum Gasteiger partial charge on any atom is -0.342 e. The SMILES string of the molecule is Cc1nc(C)c(CC(=O)N2CCC(Cc3ccc(Cl)cc3)C2)c(=O)[nH]1. The minimum absolute atomic E-state index is 0.00198. The molecule has 1 unspecified atom stereocenters. The molecule has 3 rings (SSSR count). The number of hydrogen-bond donors (Lipinski definition) is 1. The Bertz CT molecular complexity index is 830. The Morgan fingerprint density at radius 2 is 2.04 bits per heavy atom. The Balaban J connectivity index is 1.61. The summed E-state index contributed by atoms with van der Waals surface area (Å²) in [4.78, 5) is 33.4. The van der Waals surface area contributed by atoms with E-state index < -0.39 is 0 Å². The fourth-order valence-corrected chi connectivity index (χ4v) is 3.53. The Hall–Kier alpha value is -2.14. The van der Waals surface area contributed by atoms with Crippen LogP contribution in [0.4, 0.5) is 0 Å². The van der Waals surface area contributed by atoms with Crippen LogP contribution in [0.1, 0.15) is 29.1 Å². The molecule has 1 amide bonds. The van der Waals surface area contributed by atoms with Crippen molar-refractivity contribution in [1.82, 2.24) is 14.9 Å². The molecule has 0 spiro atoms. The van der Waals surface area contributed by atoms with E-state index in [2.05, 4.69) is 9.97 Å². The lowest BCUT2D eigenvalue weighted by Gasteiger charge is -2.17. The van der Waals surface area contributed by atoms with Gasteiger partial charge in [0.25, 0.3) is 5.56 Å². The third kappa shape index (κ3) is 4.28. The fourth-order valence-electron chi connectivity index (χ4n) is 3.40. The first-order valence-electron chi connectivity index (χ1n) is 8.51. The number of nitrogens with zero attached hydrogens (tertiary/aromatic N) is 2. The largest absolute Gasteiger partial charge is 0.342 e. The lowest BCUT2D eigenvalue weighted by molar-refractivity contribution is -0.129. The van der Waals surface area contributed by atoms with Crippen LogP contribution in [0.2, 0.25) is 5.02 Å².